The fraction of sp³-hybridized carbons (Fsp3) is 0.846. The third kappa shape index (κ3) is 13.8. The van der Waals surface area contributed by atoms with E-state index in [-0.39, 0.29) is 17.9 Å². The molecule has 4 heteroatoms. The van der Waals surface area contributed by atoms with E-state index in [1.165, 1.54) is 51.4 Å². The van der Waals surface area contributed by atoms with Gasteiger partial charge in [-0.2, -0.15) is 0 Å². The second-order valence-corrected chi connectivity index (χ2v) is 8.60. The highest BCUT2D eigenvalue weighted by molar-refractivity contribution is 6.00. The highest BCUT2D eigenvalue weighted by Crippen LogP contribution is 2.22. The Bertz CT molecular complexity index is 479. The standard InChI is InChI=1S/C26H48O4/c1-6-9-11-13-15-17-20-29-25(27)23(19-8-3)24(22(4)5)26(28)30-21-18-16-14-12-10-7-2/h22H,6-21H2,1-5H3/b24-23-. The lowest BCUT2D eigenvalue weighted by Gasteiger charge is -2.17. The van der Waals surface area contributed by atoms with Crippen LogP contribution in [-0.4, -0.2) is 25.2 Å². The zero-order valence-corrected chi connectivity index (χ0v) is 20.5. The molecule has 0 saturated heterocycles. The van der Waals surface area contributed by atoms with Crippen molar-refractivity contribution in [3.8, 4) is 0 Å². The summed E-state index contributed by atoms with van der Waals surface area (Å²) in [4.78, 5) is 25.4. The van der Waals surface area contributed by atoms with E-state index in [2.05, 4.69) is 13.8 Å². The van der Waals surface area contributed by atoms with Crippen molar-refractivity contribution in [2.75, 3.05) is 13.2 Å². The molecule has 0 atom stereocenters. The monoisotopic (exact) mass is 424 g/mol. The van der Waals surface area contributed by atoms with Gasteiger partial charge in [0.05, 0.1) is 18.8 Å². The second kappa shape index (κ2) is 19.6. The third-order valence-corrected chi connectivity index (χ3v) is 5.33. The van der Waals surface area contributed by atoms with E-state index in [9.17, 15) is 9.59 Å². The summed E-state index contributed by atoms with van der Waals surface area (Å²) in [6, 6.07) is 0. The van der Waals surface area contributed by atoms with Gasteiger partial charge in [-0.1, -0.05) is 105 Å². The molecule has 30 heavy (non-hydrogen) atoms. The summed E-state index contributed by atoms with van der Waals surface area (Å²) >= 11 is 0. The largest absolute Gasteiger partial charge is 0.462 e. The Kier molecular flexibility index (Phi) is 18.8. The lowest BCUT2D eigenvalue weighted by molar-refractivity contribution is -0.143. The van der Waals surface area contributed by atoms with Crippen molar-refractivity contribution in [1.29, 1.82) is 0 Å². The maximum Gasteiger partial charge on any atom is 0.334 e. The second-order valence-electron chi connectivity index (χ2n) is 8.60. The van der Waals surface area contributed by atoms with E-state index in [0.717, 1.165) is 32.1 Å². The molecule has 0 rings (SSSR count). The van der Waals surface area contributed by atoms with Gasteiger partial charge in [-0.25, -0.2) is 9.59 Å². The van der Waals surface area contributed by atoms with Crippen LogP contribution in [0.3, 0.4) is 0 Å². The fourth-order valence-corrected chi connectivity index (χ4v) is 3.56. The highest BCUT2D eigenvalue weighted by atomic mass is 16.5. The molecule has 0 amide bonds. The van der Waals surface area contributed by atoms with Crippen molar-refractivity contribution in [3.63, 3.8) is 0 Å². The molecule has 0 aromatic carbocycles. The molecular formula is C26H48O4. The number of hydrogen-bond acceptors (Lipinski definition) is 4. The van der Waals surface area contributed by atoms with Crippen LogP contribution >= 0.6 is 0 Å². The van der Waals surface area contributed by atoms with Crippen LogP contribution in [0.1, 0.15) is 125 Å². The van der Waals surface area contributed by atoms with Crippen molar-refractivity contribution in [2.45, 2.75) is 125 Å². The molecule has 0 saturated carbocycles. The first-order valence-electron chi connectivity index (χ1n) is 12.6. The van der Waals surface area contributed by atoms with Crippen LogP contribution in [0.4, 0.5) is 0 Å². The molecule has 0 N–H and O–H groups in total. The normalized spacial score (nSPS) is 12.1. The van der Waals surface area contributed by atoms with Gasteiger partial charge in [-0.15, -0.1) is 0 Å². The number of ether oxygens (including phenoxy) is 2. The Labute approximate surface area is 186 Å². The lowest BCUT2D eigenvalue weighted by Crippen LogP contribution is -2.21. The predicted octanol–water partition coefficient (Wildman–Crippen LogP) is 7.55. The van der Waals surface area contributed by atoms with Gasteiger partial charge in [0.15, 0.2) is 0 Å². The van der Waals surface area contributed by atoms with E-state index in [4.69, 9.17) is 9.47 Å². The Balaban J connectivity index is 4.68. The molecule has 0 radical (unpaired) electrons. The van der Waals surface area contributed by atoms with Crippen LogP contribution in [0.2, 0.25) is 0 Å². The average molecular weight is 425 g/mol. The summed E-state index contributed by atoms with van der Waals surface area (Å²) in [6.45, 7) is 11.2. The minimum Gasteiger partial charge on any atom is -0.462 e. The van der Waals surface area contributed by atoms with E-state index in [1.807, 2.05) is 20.8 Å². The molecule has 0 aromatic rings. The van der Waals surface area contributed by atoms with Gasteiger partial charge in [-0.3, -0.25) is 0 Å². The predicted molar refractivity (Wildman–Crippen MR) is 125 cm³/mol. The zero-order chi connectivity index (χ0) is 22.6. The van der Waals surface area contributed by atoms with Gasteiger partial charge in [0.25, 0.3) is 0 Å². The van der Waals surface area contributed by atoms with Crippen LogP contribution in [0, 0.1) is 5.92 Å². The highest BCUT2D eigenvalue weighted by Gasteiger charge is 2.25. The smallest absolute Gasteiger partial charge is 0.334 e. The summed E-state index contributed by atoms with van der Waals surface area (Å²) in [6.07, 6.45) is 15.1. The summed E-state index contributed by atoms with van der Waals surface area (Å²) < 4.78 is 11.0. The molecule has 0 aliphatic rings. The van der Waals surface area contributed by atoms with Gasteiger partial charge in [-0.05, 0) is 25.2 Å². The van der Waals surface area contributed by atoms with Crippen LogP contribution in [-0.2, 0) is 19.1 Å². The lowest BCUT2D eigenvalue weighted by atomic mass is 9.94. The minimum atomic E-state index is -0.349. The molecule has 0 unspecified atom stereocenters. The van der Waals surface area contributed by atoms with Crippen LogP contribution < -0.4 is 0 Å². The molecule has 0 aromatic heterocycles. The number of rotatable bonds is 19. The first-order chi connectivity index (χ1) is 14.5. The molecule has 0 fully saturated rings. The topological polar surface area (TPSA) is 52.6 Å². The van der Waals surface area contributed by atoms with Gasteiger partial charge in [0.2, 0.25) is 0 Å². The maximum absolute atomic E-state index is 12.7. The zero-order valence-electron chi connectivity index (χ0n) is 20.5. The van der Waals surface area contributed by atoms with Crippen LogP contribution in [0.15, 0.2) is 11.1 Å². The average Bonchev–Trinajstić information content (AvgIpc) is 2.71. The Morgan fingerprint density at radius 3 is 1.47 bits per heavy atom. The molecule has 0 heterocycles. The first-order valence-corrected chi connectivity index (χ1v) is 12.6. The molecule has 0 spiro atoms. The number of esters is 2. The van der Waals surface area contributed by atoms with Crippen molar-refractivity contribution >= 4 is 11.9 Å². The van der Waals surface area contributed by atoms with Crippen LogP contribution in [0.5, 0.6) is 0 Å². The quantitative estimate of drug-likeness (QED) is 0.122. The Hall–Kier alpha value is -1.32. The van der Waals surface area contributed by atoms with E-state index in [0.29, 0.717) is 30.8 Å². The van der Waals surface area contributed by atoms with Gasteiger partial charge >= 0.3 is 11.9 Å². The van der Waals surface area contributed by atoms with E-state index in [1.54, 1.807) is 0 Å². The molecule has 0 bridgehead atoms. The van der Waals surface area contributed by atoms with Gasteiger partial charge in [0.1, 0.15) is 0 Å². The summed E-state index contributed by atoms with van der Waals surface area (Å²) in [5.74, 6) is -0.755. The number of hydrogen-bond donors (Lipinski definition) is 0. The number of unbranched alkanes of at least 4 members (excludes halogenated alkanes) is 10. The van der Waals surface area contributed by atoms with E-state index < -0.39 is 0 Å². The van der Waals surface area contributed by atoms with Gasteiger partial charge < -0.3 is 9.47 Å². The molecule has 4 nitrogen and oxygen atoms in total. The fourth-order valence-electron chi connectivity index (χ4n) is 3.56. The Morgan fingerprint density at radius 2 is 1.03 bits per heavy atom. The van der Waals surface area contributed by atoms with Crippen molar-refractivity contribution in [2.24, 2.45) is 5.92 Å². The summed E-state index contributed by atoms with van der Waals surface area (Å²) in [7, 11) is 0. The molecule has 176 valence electrons. The minimum absolute atomic E-state index is 0.0646. The molecule has 0 aliphatic carbocycles. The van der Waals surface area contributed by atoms with Gasteiger partial charge in [0, 0.05) is 5.57 Å². The third-order valence-electron chi connectivity index (χ3n) is 5.33. The number of carbonyl (C=O) groups is 2. The number of carbonyl (C=O) groups excluding carboxylic acids is 2. The van der Waals surface area contributed by atoms with Crippen LogP contribution in [0.25, 0.3) is 0 Å². The van der Waals surface area contributed by atoms with Crippen molar-refractivity contribution < 1.29 is 19.1 Å². The SMILES string of the molecule is CCCCCCCCOC(=O)/C(CCC)=C(\C(=O)OCCCCCCCC)C(C)C. The summed E-state index contributed by atoms with van der Waals surface area (Å²) in [5, 5.41) is 0. The van der Waals surface area contributed by atoms with Crippen molar-refractivity contribution in [1.82, 2.24) is 0 Å². The van der Waals surface area contributed by atoms with E-state index >= 15 is 0 Å². The molecular weight excluding hydrogens is 376 g/mol. The Morgan fingerprint density at radius 1 is 0.600 bits per heavy atom. The first kappa shape index (κ1) is 28.7. The van der Waals surface area contributed by atoms with Crippen molar-refractivity contribution in [3.05, 3.63) is 11.1 Å². The molecule has 0 aliphatic heterocycles. The maximum atomic E-state index is 12.7. The summed E-state index contributed by atoms with van der Waals surface area (Å²) in [5.41, 5.74) is 1.00.